The zero-order valence-electron chi connectivity index (χ0n) is 33.4. The fourth-order valence-electron chi connectivity index (χ4n) is 8.62. The van der Waals surface area contributed by atoms with Gasteiger partial charge >= 0.3 is 0 Å². The lowest BCUT2D eigenvalue weighted by atomic mass is 9.94. The van der Waals surface area contributed by atoms with Gasteiger partial charge in [0.05, 0.1) is 22.4 Å². The van der Waals surface area contributed by atoms with E-state index in [1.807, 2.05) is 18.2 Å². The minimum atomic E-state index is 0.695. The maximum absolute atomic E-state index is 5.21. The van der Waals surface area contributed by atoms with E-state index in [4.69, 9.17) is 9.97 Å². The van der Waals surface area contributed by atoms with Gasteiger partial charge in [-0.3, -0.25) is 0 Å². The molecule has 0 fully saturated rings. The normalized spacial score (nSPS) is 11.3. The molecule has 0 saturated heterocycles. The van der Waals surface area contributed by atoms with Crippen molar-refractivity contribution in [3.8, 4) is 84.1 Å². The summed E-state index contributed by atoms with van der Waals surface area (Å²) in [7, 11) is 0. The van der Waals surface area contributed by atoms with Crippen LogP contribution in [-0.4, -0.2) is 14.5 Å². The van der Waals surface area contributed by atoms with Crippen LogP contribution >= 0.6 is 0 Å². The van der Waals surface area contributed by atoms with Gasteiger partial charge in [-0.05, 0) is 93.0 Å². The van der Waals surface area contributed by atoms with Crippen LogP contribution in [-0.2, 0) is 0 Å². The Morgan fingerprint density at radius 1 is 0.279 bits per heavy atom. The summed E-state index contributed by atoms with van der Waals surface area (Å²) in [5.74, 6) is 0.695. The molecular weight excluding hydrogens is 739 g/mol. The van der Waals surface area contributed by atoms with Crippen molar-refractivity contribution in [2.45, 2.75) is 0 Å². The first-order valence-corrected chi connectivity index (χ1v) is 20.7. The molecule has 286 valence electrons. The Labute approximate surface area is 355 Å². The molecule has 61 heavy (non-hydrogen) atoms. The summed E-state index contributed by atoms with van der Waals surface area (Å²) in [4.78, 5) is 10.4. The van der Waals surface area contributed by atoms with Gasteiger partial charge in [0, 0.05) is 33.2 Å². The lowest BCUT2D eigenvalue weighted by Gasteiger charge is -2.13. The van der Waals surface area contributed by atoms with Gasteiger partial charge < -0.3 is 4.57 Å². The van der Waals surface area contributed by atoms with Crippen LogP contribution < -0.4 is 0 Å². The highest BCUT2D eigenvalue weighted by atomic mass is 15.0. The molecule has 3 nitrogen and oxygen atoms in total. The molecular formula is C58H39N3. The van der Waals surface area contributed by atoms with Crippen molar-refractivity contribution in [3.05, 3.63) is 237 Å². The Morgan fingerprint density at radius 2 is 0.721 bits per heavy atom. The maximum atomic E-state index is 5.21. The lowest BCUT2D eigenvalue weighted by Crippen LogP contribution is -1.96. The summed E-state index contributed by atoms with van der Waals surface area (Å²) >= 11 is 0. The van der Waals surface area contributed by atoms with E-state index in [9.17, 15) is 0 Å². The number of benzene rings is 9. The molecule has 11 rings (SSSR count). The number of rotatable bonds is 8. The minimum absolute atomic E-state index is 0.695. The zero-order chi connectivity index (χ0) is 40.5. The number of hydrogen-bond acceptors (Lipinski definition) is 2. The molecule has 2 heterocycles. The van der Waals surface area contributed by atoms with Crippen LogP contribution in [0.5, 0.6) is 0 Å². The molecule has 3 heteroatoms. The van der Waals surface area contributed by atoms with Crippen molar-refractivity contribution in [2.75, 3.05) is 0 Å². The molecule has 0 unspecified atom stereocenters. The van der Waals surface area contributed by atoms with Crippen molar-refractivity contribution in [1.82, 2.24) is 14.5 Å². The van der Waals surface area contributed by atoms with Gasteiger partial charge in [-0.25, -0.2) is 9.97 Å². The molecule has 0 amide bonds. The third kappa shape index (κ3) is 6.88. The number of para-hydroxylation sites is 2. The number of fused-ring (bicyclic) bond motifs is 3. The third-order valence-corrected chi connectivity index (χ3v) is 11.6. The summed E-state index contributed by atoms with van der Waals surface area (Å²) in [5, 5.41) is 2.52. The molecule has 0 bridgehead atoms. The number of hydrogen-bond donors (Lipinski definition) is 0. The highest BCUT2D eigenvalue weighted by Gasteiger charge is 2.17. The topological polar surface area (TPSA) is 30.7 Å². The van der Waals surface area contributed by atoms with E-state index >= 15 is 0 Å². The number of aromatic nitrogens is 3. The zero-order valence-corrected chi connectivity index (χ0v) is 33.4. The second-order valence-corrected chi connectivity index (χ2v) is 15.4. The monoisotopic (exact) mass is 777 g/mol. The Kier molecular flexibility index (Phi) is 9.18. The van der Waals surface area contributed by atoms with Crippen LogP contribution in [0, 0.1) is 0 Å². The fourth-order valence-corrected chi connectivity index (χ4v) is 8.62. The summed E-state index contributed by atoms with van der Waals surface area (Å²) in [6, 6.07) is 84.0. The summed E-state index contributed by atoms with van der Waals surface area (Å²) < 4.78 is 2.37. The quantitative estimate of drug-likeness (QED) is 0.154. The second kappa shape index (κ2) is 15.6. The van der Waals surface area contributed by atoms with E-state index in [1.165, 1.54) is 32.9 Å². The predicted octanol–water partition coefficient (Wildman–Crippen LogP) is 15.2. The highest BCUT2D eigenvalue weighted by Crippen LogP contribution is 2.40. The van der Waals surface area contributed by atoms with Crippen LogP contribution in [0.1, 0.15) is 0 Å². The Balaban J connectivity index is 0.961. The van der Waals surface area contributed by atoms with Crippen LogP contribution in [0.2, 0.25) is 0 Å². The number of nitrogens with zero attached hydrogens (tertiary/aromatic N) is 3. The molecule has 9 aromatic carbocycles. The van der Waals surface area contributed by atoms with E-state index in [0.29, 0.717) is 5.82 Å². The van der Waals surface area contributed by atoms with Crippen molar-refractivity contribution in [2.24, 2.45) is 0 Å². The molecule has 0 aliphatic heterocycles. The van der Waals surface area contributed by atoms with Crippen molar-refractivity contribution < 1.29 is 0 Å². The van der Waals surface area contributed by atoms with Crippen molar-refractivity contribution >= 4 is 21.8 Å². The first kappa shape index (κ1) is 36.0. The van der Waals surface area contributed by atoms with E-state index < -0.39 is 0 Å². The van der Waals surface area contributed by atoms with Crippen LogP contribution in [0.25, 0.3) is 106 Å². The largest absolute Gasteiger partial charge is 0.309 e. The van der Waals surface area contributed by atoms with E-state index in [2.05, 4.69) is 223 Å². The molecule has 2 aromatic heterocycles. The van der Waals surface area contributed by atoms with Crippen LogP contribution in [0.15, 0.2) is 237 Å². The summed E-state index contributed by atoms with van der Waals surface area (Å²) in [6.07, 6.45) is 0. The lowest BCUT2D eigenvalue weighted by molar-refractivity contribution is 1.18. The molecule has 0 atom stereocenters. The molecule has 0 spiro atoms. The molecule has 0 N–H and O–H groups in total. The standard InChI is InChI=1S/C58H39N3/c1-5-16-40(17-6-1)47-36-48(41-18-7-2-8-19-41)38-49(37-47)54-39-53(59-58(60-54)46-20-9-3-10-21-46)45-34-30-43(31-35-45)42-28-32-44(33-29-42)51-25-15-27-56-57(51)52-24-13-14-26-55(52)61(56)50-22-11-4-12-23-50/h1-39H. The minimum Gasteiger partial charge on any atom is -0.309 e. The van der Waals surface area contributed by atoms with Gasteiger partial charge in [0.1, 0.15) is 0 Å². The predicted molar refractivity (Wildman–Crippen MR) is 254 cm³/mol. The Morgan fingerprint density at radius 3 is 1.33 bits per heavy atom. The third-order valence-electron chi connectivity index (χ3n) is 11.6. The van der Waals surface area contributed by atoms with E-state index in [1.54, 1.807) is 0 Å². The molecule has 0 radical (unpaired) electrons. The van der Waals surface area contributed by atoms with Gasteiger partial charge in [-0.2, -0.15) is 0 Å². The summed E-state index contributed by atoms with van der Waals surface area (Å²) in [5.41, 5.74) is 17.7. The SMILES string of the molecule is c1ccc(-c2cc(-c3ccccc3)cc(-c3cc(-c4ccc(-c5ccc(-c6cccc7c6c6ccccc6n7-c6ccccc6)cc5)cc4)nc(-c4ccccc4)n3)c2)cc1. The van der Waals surface area contributed by atoms with E-state index in [0.717, 1.165) is 67.1 Å². The van der Waals surface area contributed by atoms with Crippen LogP contribution in [0.4, 0.5) is 0 Å². The average molecular weight is 778 g/mol. The van der Waals surface area contributed by atoms with Gasteiger partial charge in [-0.15, -0.1) is 0 Å². The Hall–Kier alpha value is -8.14. The van der Waals surface area contributed by atoms with Crippen LogP contribution in [0.3, 0.4) is 0 Å². The van der Waals surface area contributed by atoms with Gasteiger partial charge in [-0.1, -0.05) is 188 Å². The smallest absolute Gasteiger partial charge is 0.160 e. The van der Waals surface area contributed by atoms with Gasteiger partial charge in [0.25, 0.3) is 0 Å². The second-order valence-electron chi connectivity index (χ2n) is 15.4. The first-order valence-electron chi connectivity index (χ1n) is 20.7. The molecule has 0 saturated carbocycles. The first-order chi connectivity index (χ1) is 30.2. The molecule has 11 aromatic rings. The Bertz CT molecular complexity index is 3240. The van der Waals surface area contributed by atoms with Crippen molar-refractivity contribution in [1.29, 1.82) is 0 Å². The fraction of sp³-hybridized carbons (Fsp3) is 0. The average Bonchev–Trinajstić information content (AvgIpc) is 3.70. The molecule has 0 aliphatic carbocycles. The maximum Gasteiger partial charge on any atom is 0.160 e. The van der Waals surface area contributed by atoms with Crippen molar-refractivity contribution in [3.63, 3.8) is 0 Å². The summed E-state index contributed by atoms with van der Waals surface area (Å²) in [6.45, 7) is 0. The highest BCUT2D eigenvalue weighted by molar-refractivity contribution is 6.15. The molecule has 0 aliphatic rings. The van der Waals surface area contributed by atoms with Gasteiger partial charge in [0.2, 0.25) is 0 Å². The van der Waals surface area contributed by atoms with E-state index in [-0.39, 0.29) is 0 Å². The van der Waals surface area contributed by atoms with Gasteiger partial charge in [0.15, 0.2) is 5.82 Å².